The summed E-state index contributed by atoms with van der Waals surface area (Å²) in [5.74, 6) is -0.0838. The van der Waals surface area contributed by atoms with Gasteiger partial charge in [-0.2, -0.15) is 13.2 Å². The number of hydrogen-bond acceptors (Lipinski definition) is 3. The second kappa shape index (κ2) is 8.23. The molecule has 0 aromatic heterocycles. The Bertz CT molecular complexity index is 717. The van der Waals surface area contributed by atoms with E-state index in [4.69, 9.17) is 0 Å². The van der Waals surface area contributed by atoms with E-state index in [0.717, 1.165) is 12.1 Å². The molecule has 0 spiro atoms. The third-order valence-corrected chi connectivity index (χ3v) is 5.67. The summed E-state index contributed by atoms with van der Waals surface area (Å²) in [5, 5.41) is 2.19. The second-order valence-electron chi connectivity index (χ2n) is 7.88. The molecule has 156 valence electrons. The van der Waals surface area contributed by atoms with Crippen LogP contribution in [0.25, 0.3) is 0 Å². The number of halogens is 3. The van der Waals surface area contributed by atoms with Crippen LogP contribution in [0, 0.1) is 0 Å². The summed E-state index contributed by atoms with van der Waals surface area (Å²) in [6.45, 7) is 8.03. The van der Waals surface area contributed by atoms with E-state index in [1.54, 1.807) is 18.9 Å². The van der Waals surface area contributed by atoms with Gasteiger partial charge in [0.2, 0.25) is 5.91 Å². The van der Waals surface area contributed by atoms with Gasteiger partial charge in [0, 0.05) is 25.7 Å². The highest BCUT2D eigenvalue weighted by Gasteiger charge is 2.39. The maximum Gasteiger partial charge on any atom is 0.416 e. The van der Waals surface area contributed by atoms with E-state index in [1.165, 1.54) is 28.8 Å². The number of thioether (sulfide) groups is 1. The van der Waals surface area contributed by atoms with Crippen LogP contribution in [0.4, 0.5) is 18.0 Å². The highest BCUT2D eigenvalue weighted by Crippen LogP contribution is 2.43. The van der Waals surface area contributed by atoms with Crippen LogP contribution in [0.5, 0.6) is 0 Å². The summed E-state index contributed by atoms with van der Waals surface area (Å²) in [6, 6.07) is 4.64. The summed E-state index contributed by atoms with van der Waals surface area (Å²) >= 11 is 1.39. The first-order valence-electron chi connectivity index (χ1n) is 8.96. The van der Waals surface area contributed by atoms with Crippen molar-refractivity contribution in [1.82, 2.24) is 15.1 Å². The number of nitrogens with zero attached hydrogens (tertiary/aromatic N) is 2. The van der Waals surface area contributed by atoms with E-state index in [2.05, 4.69) is 5.32 Å². The Morgan fingerprint density at radius 3 is 2.29 bits per heavy atom. The zero-order valence-corrected chi connectivity index (χ0v) is 17.4. The van der Waals surface area contributed by atoms with Crippen molar-refractivity contribution in [2.45, 2.75) is 50.0 Å². The van der Waals surface area contributed by atoms with Crippen LogP contribution < -0.4 is 5.32 Å². The number of rotatable bonds is 4. The van der Waals surface area contributed by atoms with Gasteiger partial charge < -0.3 is 15.1 Å². The van der Waals surface area contributed by atoms with Crippen LogP contribution in [0.1, 0.15) is 44.2 Å². The lowest BCUT2D eigenvalue weighted by atomic mass is 10.1. The quantitative estimate of drug-likeness (QED) is 0.802. The summed E-state index contributed by atoms with van der Waals surface area (Å²) in [5.41, 5.74) is -0.455. The third-order valence-electron chi connectivity index (χ3n) is 4.28. The average Bonchev–Trinajstić information content (AvgIpc) is 2.85. The monoisotopic (exact) mass is 417 g/mol. The predicted octanol–water partition coefficient (Wildman–Crippen LogP) is 4.11. The van der Waals surface area contributed by atoms with E-state index >= 15 is 0 Å². The topological polar surface area (TPSA) is 52.6 Å². The molecule has 5 nitrogen and oxygen atoms in total. The van der Waals surface area contributed by atoms with Gasteiger partial charge in [-0.15, -0.1) is 11.8 Å². The molecule has 3 amide bonds. The van der Waals surface area contributed by atoms with Gasteiger partial charge in [0.15, 0.2) is 0 Å². The number of hydrogen-bond donors (Lipinski definition) is 1. The molecular weight excluding hydrogens is 391 g/mol. The van der Waals surface area contributed by atoms with Crippen LogP contribution in [0.3, 0.4) is 0 Å². The molecule has 0 saturated carbocycles. The molecule has 1 aliphatic rings. The third kappa shape index (κ3) is 5.56. The van der Waals surface area contributed by atoms with E-state index in [0.29, 0.717) is 18.7 Å². The summed E-state index contributed by atoms with van der Waals surface area (Å²) in [4.78, 5) is 27.8. The number of carbonyl (C=O) groups is 2. The number of alkyl halides is 3. The largest absolute Gasteiger partial charge is 0.416 e. The molecule has 0 radical (unpaired) electrons. The van der Waals surface area contributed by atoms with Gasteiger partial charge in [-0.05, 0) is 45.4 Å². The van der Waals surface area contributed by atoms with Crippen LogP contribution in [0.15, 0.2) is 24.3 Å². The number of carbonyl (C=O) groups excluding carboxylic acids is 2. The second-order valence-corrected chi connectivity index (χ2v) is 9.31. The Hall–Kier alpha value is -1.90. The van der Waals surface area contributed by atoms with Crippen molar-refractivity contribution in [1.29, 1.82) is 0 Å². The zero-order chi connectivity index (χ0) is 21.3. The fourth-order valence-corrected chi connectivity index (χ4v) is 4.08. The van der Waals surface area contributed by atoms with E-state index in [9.17, 15) is 22.8 Å². The van der Waals surface area contributed by atoms with Crippen molar-refractivity contribution in [3.8, 4) is 0 Å². The Balaban J connectivity index is 2.09. The van der Waals surface area contributed by atoms with Crippen molar-refractivity contribution in [2.75, 3.05) is 20.1 Å². The molecule has 1 N–H and O–H groups in total. The maximum atomic E-state index is 12.8. The SMILES string of the molecule is C[C@@H]1S[C@@H](c2ccc(C(F)(F)F)cc2)N(CCN(C)C(=O)NC(C)(C)C)C1=O. The number of amides is 3. The van der Waals surface area contributed by atoms with Gasteiger partial charge in [0.05, 0.1) is 10.8 Å². The van der Waals surface area contributed by atoms with Gasteiger partial charge in [-0.3, -0.25) is 4.79 Å². The molecule has 1 fully saturated rings. The highest BCUT2D eigenvalue weighted by molar-refractivity contribution is 8.01. The van der Waals surface area contributed by atoms with Gasteiger partial charge in [0.1, 0.15) is 5.37 Å². The molecule has 1 saturated heterocycles. The van der Waals surface area contributed by atoms with Gasteiger partial charge >= 0.3 is 12.2 Å². The van der Waals surface area contributed by atoms with Crippen molar-refractivity contribution in [2.24, 2.45) is 0 Å². The van der Waals surface area contributed by atoms with Crippen molar-refractivity contribution < 1.29 is 22.8 Å². The molecule has 1 aliphatic heterocycles. The average molecular weight is 417 g/mol. The minimum absolute atomic E-state index is 0.0838. The number of nitrogens with one attached hydrogen (secondary N) is 1. The van der Waals surface area contributed by atoms with Crippen LogP contribution in [-0.4, -0.2) is 52.7 Å². The molecule has 1 aromatic carbocycles. The van der Waals surface area contributed by atoms with Crippen LogP contribution in [-0.2, 0) is 11.0 Å². The fraction of sp³-hybridized carbons (Fsp3) is 0.579. The van der Waals surface area contributed by atoms with Gasteiger partial charge in [-0.25, -0.2) is 4.79 Å². The molecular formula is C19H26F3N3O2S. The zero-order valence-electron chi connectivity index (χ0n) is 16.6. The Morgan fingerprint density at radius 1 is 1.21 bits per heavy atom. The highest BCUT2D eigenvalue weighted by atomic mass is 32.2. The van der Waals surface area contributed by atoms with Crippen LogP contribution in [0.2, 0.25) is 0 Å². The molecule has 28 heavy (non-hydrogen) atoms. The normalized spacial score (nSPS) is 20.4. The lowest BCUT2D eigenvalue weighted by Gasteiger charge is -2.29. The van der Waals surface area contributed by atoms with Crippen molar-refractivity contribution in [3.05, 3.63) is 35.4 Å². The predicted molar refractivity (Wildman–Crippen MR) is 104 cm³/mol. The van der Waals surface area contributed by atoms with E-state index in [-0.39, 0.29) is 28.1 Å². The Morgan fingerprint density at radius 2 is 1.79 bits per heavy atom. The lowest BCUT2D eigenvalue weighted by molar-refractivity contribution is -0.137. The molecule has 2 atom stereocenters. The standard InChI is InChI=1S/C19H26F3N3O2S/c1-12-15(26)25(11-10-24(5)17(27)23-18(2,3)4)16(28-12)13-6-8-14(9-7-13)19(20,21)22/h6-9,12,16H,10-11H2,1-5H3,(H,23,27)/t12-,16-/m0/s1. The van der Waals surface area contributed by atoms with Crippen LogP contribution >= 0.6 is 11.8 Å². The smallest absolute Gasteiger partial charge is 0.333 e. The maximum absolute atomic E-state index is 12.8. The first kappa shape index (κ1) is 22.4. The number of likely N-dealkylation sites (N-methyl/N-ethyl adjacent to an activating group) is 1. The first-order chi connectivity index (χ1) is 12.8. The molecule has 0 bridgehead atoms. The number of benzene rings is 1. The van der Waals surface area contributed by atoms with Gasteiger partial charge in [-0.1, -0.05) is 12.1 Å². The van der Waals surface area contributed by atoms with E-state index in [1.807, 2.05) is 20.8 Å². The summed E-state index contributed by atoms with van der Waals surface area (Å²) < 4.78 is 38.4. The molecule has 1 heterocycles. The van der Waals surface area contributed by atoms with Gasteiger partial charge in [0.25, 0.3) is 0 Å². The lowest BCUT2D eigenvalue weighted by Crippen LogP contribution is -2.49. The molecule has 0 unspecified atom stereocenters. The Labute approximate surface area is 167 Å². The van der Waals surface area contributed by atoms with Crippen molar-refractivity contribution in [3.63, 3.8) is 0 Å². The molecule has 9 heteroatoms. The fourth-order valence-electron chi connectivity index (χ4n) is 2.77. The first-order valence-corrected chi connectivity index (χ1v) is 9.90. The minimum atomic E-state index is -4.40. The molecule has 2 rings (SSSR count). The molecule has 0 aliphatic carbocycles. The van der Waals surface area contributed by atoms with E-state index < -0.39 is 11.7 Å². The molecule has 1 aromatic rings. The summed E-state index contributed by atoms with van der Waals surface area (Å²) in [6.07, 6.45) is -4.40. The Kier molecular flexibility index (Phi) is 6.58. The number of urea groups is 1. The minimum Gasteiger partial charge on any atom is -0.333 e. The summed E-state index contributed by atoms with van der Waals surface area (Å²) in [7, 11) is 1.64. The van der Waals surface area contributed by atoms with Crippen molar-refractivity contribution >= 4 is 23.7 Å².